The molecule has 0 spiro atoms. The van der Waals surface area contributed by atoms with Gasteiger partial charge in [-0.1, -0.05) is 11.6 Å². The second-order valence-corrected chi connectivity index (χ2v) is 4.69. The van der Waals surface area contributed by atoms with Gasteiger partial charge in [-0.3, -0.25) is 0 Å². The highest BCUT2D eigenvalue weighted by Crippen LogP contribution is 2.28. The minimum absolute atomic E-state index is 0.562. The Morgan fingerprint density at radius 1 is 1.35 bits per heavy atom. The summed E-state index contributed by atoms with van der Waals surface area (Å²) in [5.41, 5.74) is 2.10. The van der Waals surface area contributed by atoms with Gasteiger partial charge in [0.15, 0.2) is 0 Å². The summed E-state index contributed by atoms with van der Waals surface area (Å²) in [6, 6.07) is 6.05. The average Bonchev–Trinajstić information content (AvgIpc) is 2.78. The van der Waals surface area contributed by atoms with E-state index >= 15 is 0 Å². The van der Waals surface area contributed by atoms with Crippen LogP contribution < -0.4 is 5.32 Å². The minimum Gasteiger partial charge on any atom is -0.421 e. The van der Waals surface area contributed by atoms with Gasteiger partial charge in [0.1, 0.15) is 0 Å². The van der Waals surface area contributed by atoms with Gasteiger partial charge in [0.2, 0.25) is 11.8 Å². The third kappa shape index (κ3) is 2.92. The second-order valence-electron chi connectivity index (χ2n) is 3.84. The lowest BCUT2D eigenvalue weighted by Crippen LogP contribution is -2.10. The SMILES string of the molecule is CNCCc1nnc(-c2cc(C)ccc2Br)o1. The van der Waals surface area contributed by atoms with Crippen LogP contribution in [0.5, 0.6) is 0 Å². The van der Waals surface area contributed by atoms with Crippen molar-refractivity contribution in [1.82, 2.24) is 15.5 Å². The van der Waals surface area contributed by atoms with Crippen LogP contribution in [0.25, 0.3) is 11.5 Å². The number of halogens is 1. The highest BCUT2D eigenvalue weighted by atomic mass is 79.9. The van der Waals surface area contributed by atoms with Crippen LogP contribution in [-0.2, 0) is 6.42 Å². The molecule has 0 bridgehead atoms. The topological polar surface area (TPSA) is 51.0 Å². The first kappa shape index (κ1) is 12.3. The molecule has 0 unspecified atom stereocenters. The molecule has 1 aromatic carbocycles. The number of hydrogen-bond acceptors (Lipinski definition) is 4. The van der Waals surface area contributed by atoms with Crippen molar-refractivity contribution in [2.75, 3.05) is 13.6 Å². The minimum atomic E-state index is 0.562. The first-order valence-electron chi connectivity index (χ1n) is 5.44. The predicted molar refractivity (Wildman–Crippen MR) is 69.8 cm³/mol. The Morgan fingerprint density at radius 3 is 2.94 bits per heavy atom. The van der Waals surface area contributed by atoms with Gasteiger partial charge in [0, 0.05) is 17.4 Å². The Labute approximate surface area is 109 Å². The maximum atomic E-state index is 5.62. The Balaban J connectivity index is 2.27. The fourth-order valence-corrected chi connectivity index (χ4v) is 1.91. The van der Waals surface area contributed by atoms with Crippen LogP contribution in [0.2, 0.25) is 0 Å². The quantitative estimate of drug-likeness (QED) is 0.942. The average molecular weight is 296 g/mol. The van der Waals surface area contributed by atoms with E-state index in [-0.39, 0.29) is 0 Å². The van der Waals surface area contributed by atoms with Crippen LogP contribution in [0.4, 0.5) is 0 Å². The zero-order valence-electron chi connectivity index (χ0n) is 9.83. The molecule has 0 fully saturated rings. The van der Waals surface area contributed by atoms with Gasteiger partial charge < -0.3 is 9.73 Å². The van der Waals surface area contributed by atoms with E-state index in [4.69, 9.17) is 4.42 Å². The Bertz CT molecular complexity index is 510. The maximum absolute atomic E-state index is 5.62. The summed E-state index contributed by atoms with van der Waals surface area (Å²) in [5.74, 6) is 1.22. The summed E-state index contributed by atoms with van der Waals surface area (Å²) in [7, 11) is 1.90. The number of likely N-dealkylation sites (N-methyl/N-ethyl adjacent to an activating group) is 1. The molecule has 2 rings (SSSR count). The smallest absolute Gasteiger partial charge is 0.248 e. The summed E-state index contributed by atoms with van der Waals surface area (Å²) in [4.78, 5) is 0. The second kappa shape index (κ2) is 5.42. The Morgan fingerprint density at radius 2 is 2.18 bits per heavy atom. The predicted octanol–water partition coefficient (Wildman–Crippen LogP) is 2.57. The molecule has 1 N–H and O–H groups in total. The number of aryl methyl sites for hydroxylation is 1. The fraction of sp³-hybridized carbons (Fsp3) is 0.333. The van der Waals surface area contributed by atoms with E-state index in [1.807, 2.05) is 32.2 Å². The third-order valence-corrected chi connectivity index (χ3v) is 3.10. The van der Waals surface area contributed by atoms with Crippen LogP contribution in [0, 0.1) is 6.92 Å². The molecule has 0 saturated carbocycles. The molecule has 0 saturated heterocycles. The van der Waals surface area contributed by atoms with Crippen LogP contribution in [0.3, 0.4) is 0 Å². The highest BCUT2D eigenvalue weighted by molar-refractivity contribution is 9.10. The first-order valence-corrected chi connectivity index (χ1v) is 6.23. The van der Waals surface area contributed by atoms with Gasteiger partial charge >= 0.3 is 0 Å². The molecule has 0 aliphatic rings. The summed E-state index contributed by atoms with van der Waals surface area (Å²) in [5, 5.41) is 11.1. The van der Waals surface area contributed by atoms with E-state index in [0.717, 1.165) is 28.6 Å². The van der Waals surface area contributed by atoms with Crippen molar-refractivity contribution < 1.29 is 4.42 Å². The highest BCUT2D eigenvalue weighted by Gasteiger charge is 2.11. The van der Waals surface area contributed by atoms with Crippen molar-refractivity contribution >= 4 is 15.9 Å². The molecule has 0 radical (unpaired) electrons. The molecule has 17 heavy (non-hydrogen) atoms. The van der Waals surface area contributed by atoms with Gasteiger partial charge in [-0.05, 0) is 42.0 Å². The molecular formula is C12H14BrN3O. The Kier molecular flexibility index (Phi) is 3.91. The molecule has 0 amide bonds. The van der Waals surface area contributed by atoms with Crippen LogP contribution in [0.15, 0.2) is 27.1 Å². The standard InChI is InChI=1S/C12H14BrN3O/c1-8-3-4-10(13)9(7-8)12-16-15-11(17-12)5-6-14-2/h3-4,7,14H,5-6H2,1-2H3. The van der Waals surface area contributed by atoms with Crippen molar-refractivity contribution in [3.05, 3.63) is 34.1 Å². The van der Waals surface area contributed by atoms with E-state index in [1.165, 1.54) is 0 Å². The van der Waals surface area contributed by atoms with Crippen molar-refractivity contribution in [1.29, 1.82) is 0 Å². The van der Waals surface area contributed by atoms with Gasteiger partial charge in [0.25, 0.3) is 0 Å². The summed E-state index contributed by atoms with van der Waals surface area (Å²) in [6.45, 7) is 2.87. The van der Waals surface area contributed by atoms with E-state index in [9.17, 15) is 0 Å². The zero-order chi connectivity index (χ0) is 12.3. The third-order valence-electron chi connectivity index (χ3n) is 2.41. The normalized spacial score (nSPS) is 10.8. The molecule has 2 aromatic rings. The van der Waals surface area contributed by atoms with E-state index in [0.29, 0.717) is 11.8 Å². The van der Waals surface area contributed by atoms with Crippen molar-refractivity contribution in [2.45, 2.75) is 13.3 Å². The molecule has 1 heterocycles. The van der Waals surface area contributed by atoms with E-state index in [1.54, 1.807) is 0 Å². The van der Waals surface area contributed by atoms with E-state index in [2.05, 4.69) is 31.4 Å². The molecule has 0 aliphatic carbocycles. The number of hydrogen-bond donors (Lipinski definition) is 1. The largest absolute Gasteiger partial charge is 0.421 e. The first-order chi connectivity index (χ1) is 8.20. The number of rotatable bonds is 4. The van der Waals surface area contributed by atoms with Crippen molar-refractivity contribution in [2.24, 2.45) is 0 Å². The lowest BCUT2D eigenvalue weighted by atomic mass is 10.1. The summed E-state index contributed by atoms with van der Waals surface area (Å²) >= 11 is 3.49. The molecule has 5 heteroatoms. The van der Waals surface area contributed by atoms with Gasteiger partial charge in [-0.25, -0.2) is 0 Å². The van der Waals surface area contributed by atoms with Crippen molar-refractivity contribution in [3.8, 4) is 11.5 Å². The number of nitrogens with one attached hydrogen (secondary N) is 1. The molecule has 4 nitrogen and oxygen atoms in total. The number of benzene rings is 1. The van der Waals surface area contributed by atoms with Crippen LogP contribution >= 0.6 is 15.9 Å². The van der Waals surface area contributed by atoms with Gasteiger partial charge in [-0.2, -0.15) is 0 Å². The van der Waals surface area contributed by atoms with Gasteiger partial charge in [-0.15, -0.1) is 10.2 Å². The molecule has 1 aromatic heterocycles. The summed E-state index contributed by atoms with van der Waals surface area (Å²) in [6.07, 6.45) is 0.743. The molecular weight excluding hydrogens is 282 g/mol. The van der Waals surface area contributed by atoms with Crippen LogP contribution in [-0.4, -0.2) is 23.8 Å². The molecule has 0 atom stereocenters. The van der Waals surface area contributed by atoms with Crippen molar-refractivity contribution in [3.63, 3.8) is 0 Å². The Hall–Kier alpha value is -1.20. The number of nitrogens with zero attached hydrogens (tertiary/aromatic N) is 2. The molecule has 90 valence electrons. The van der Waals surface area contributed by atoms with Gasteiger partial charge in [0.05, 0.1) is 5.56 Å². The lowest BCUT2D eigenvalue weighted by Gasteiger charge is -2.00. The molecule has 0 aliphatic heterocycles. The zero-order valence-corrected chi connectivity index (χ0v) is 11.4. The van der Waals surface area contributed by atoms with E-state index < -0.39 is 0 Å². The maximum Gasteiger partial charge on any atom is 0.248 e. The van der Waals surface area contributed by atoms with Crippen LogP contribution in [0.1, 0.15) is 11.5 Å². The monoisotopic (exact) mass is 295 g/mol. The fourth-order valence-electron chi connectivity index (χ4n) is 1.50. The number of aromatic nitrogens is 2. The summed E-state index contributed by atoms with van der Waals surface area (Å²) < 4.78 is 6.58. The lowest BCUT2D eigenvalue weighted by molar-refractivity contribution is 0.500.